The van der Waals surface area contributed by atoms with Gasteiger partial charge in [0.1, 0.15) is 6.61 Å². The molecule has 4 heteroatoms. The molecule has 1 fully saturated rings. The fourth-order valence-corrected chi connectivity index (χ4v) is 4.63. The van der Waals surface area contributed by atoms with Crippen LogP contribution in [0, 0.1) is 5.41 Å². The van der Waals surface area contributed by atoms with E-state index in [1.807, 2.05) is 17.0 Å². The first kappa shape index (κ1) is 18.1. The molecule has 2 aromatic rings. The van der Waals surface area contributed by atoms with Crippen LogP contribution in [0.3, 0.4) is 0 Å². The smallest absolute Gasteiger partial charge is 0.409 e. The highest BCUT2D eigenvalue weighted by Gasteiger charge is 2.34. The van der Waals surface area contributed by atoms with Crippen molar-refractivity contribution in [2.75, 3.05) is 26.3 Å². The summed E-state index contributed by atoms with van der Waals surface area (Å²) in [6.07, 6.45) is 2.49. The second kappa shape index (κ2) is 7.35. The molecule has 2 aromatic carbocycles. The van der Waals surface area contributed by atoms with Crippen molar-refractivity contribution in [3.8, 4) is 11.1 Å². The summed E-state index contributed by atoms with van der Waals surface area (Å²) in [6, 6.07) is 16.7. The van der Waals surface area contributed by atoms with Crippen molar-refractivity contribution >= 4 is 6.09 Å². The van der Waals surface area contributed by atoms with E-state index in [0.717, 1.165) is 25.8 Å². The van der Waals surface area contributed by atoms with Crippen LogP contribution in [0.4, 0.5) is 4.79 Å². The van der Waals surface area contributed by atoms with Crippen LogP contribution in [-0.4, -0.2) is 42.4 Å². The fourth-order valence-electron chi connectivity index (χ4n) is 4.63. The topological polar surface area (TPSA) is 49.8 Å². The van der Waals surface area contributed by atoms with Crippen LogP contribution < -0.4 is 0 Å². The fraction of sp³-hybridized carbons (Fsp3) is 0.435. The minimum Gasteiger partial charge on any atom is -0.448 e. The number of nitrogens with zero attached hydrogens (tertiary/aromatic N) is 1. The van der Waals surface area contributed by atoms with Gasteiger partial charge in [0.15, 0.2) is 0 Å². The Bertz CT molecular complexity index is 784. The molecule has 1 aliphatic carbocycles. The van der Waals surface area contributed by atoms with Crippen LogP contribution in [0.5, 0.6) is 0 Å². The van der Waals surface area contributed by atoms with E-state index in [4.69, 9.17) is 4.74 Å². The molecule has 1 amide bonds. The molecule has 1 heterocycles. The number of aliphatic hydroxyl groups excluding tert-OH is 1. The van der Waals surface area contributed by atoms with Gasteiger partial charge in [0.2, 0.25) is 0 Å². The third-order valence-corrected chi connectivity index (χ3v) is 6.09. The van der Waals surface area contributed by atoms with Gasteiger partial charge in [-0.15, -0.1) is 0 Å². The first-order chi connectivity index (χ1) is 13.1. The van der Waals surface area contributed by atoms with Gasteiger partial charge in [-0.05, 0) is 46.9 Å². The molecule has 1 unspecified atom stereocenters. The first-order valence-corrected chi connectivity index (χ1v) is 9.82. The van der Waals surface area contributed by atoms with E-state index in [2.05, 4.69) is 43.3 Å². The van der Waals surface area contributed by atoms with Crippen LogP contribution in [0.1, 0.15) is 43.2 Å². The predicted molar refractivity (Wildman–Crippen MR) is 106 cm³/mol. The Kier molecular flexibility index (Phi) is 4.92. The summed E-state index contributed by atoms with van der Waals surface area (Å²) in [7, 11) is 0. The Hall–Kier alpha value is -2.33. The van der Waals surface area contributed by atoms with E-state index in [0.29, 0.717) is 13.2 Å². The number of piperidine rings is 1. The van der Waals surface area contributed by atoms with Crippen LogP contribution in [0.25, 0.3) is 11.1 Å². The Morgan fingerprint density at radius 1 is 1.15 bits per heavy atom. The van der Waals surface area contributed by atoms with Crippen molar-refractivity contribution < 1.29 is 14.6 Å². The van der Waals surface area contributed by atoms with Crippen molar-refractivity contribution in [1.82, 2.24) is 4.90 Å². The monoisotopic (exact) mass is 365 g/mol. The predicted octanol–water partition coefficient (Wildman–Crippen LogP) is 4.42. The van der Waals surface area contributed by atoms with Gasteiger partial charge < -0.3 is 14.7 Å². The van der Waals surface area contributed by atoms with E-state index < -0.39 is 0 Å². The second-order valence-electron chi connectivity index (χ2n) is 8.11. The molecule has 1 N–H and O–H groups in total. The standard InChI is InChI=1S/C23H27NO3/c1-23(12-14-25)11-6-13-24(16-23)22(26)27-15-21-19-9-4-2-7-17(19)18-8-3-5-10-20(18)21/h2-5,7-10,21,25H,6,11-16H2,1H3. The van der Waals surface area contributed by atoms with Crippen molar-refractivity contribution in [3.63, 3.8) is 0 Å². The zero-order valence-electron chi connectivity index (χ0n) is 15.9. The van der Waals surface area contributed by atoms with E-state index in [1.165, 1.54) is 22.3 Å². The molecule has 0 bridgehead atoms. The van der Waals surface area contributed by atoms with Gasteiger partial charge in [-0.2, -0.15) is 0 Å². The van der Waals surface area contributed by atoms with Gasteiger partial charge in [0.05, 0.1) is 0 Å². The van der Waals surface area contributed by atoms with Crippen molar-refractivity contribution in [3.05, 3.63) is 59.7 Å². The lowest BCUT2D eigenvalue weighted by molar-refractivity contribution is 0.0496. The molecular formula is C23H27NO3. The van der Waals surface area contributed by atoms with Gasteiger partial charge in [0, 0.05) is 25.6 Å². The van der Waals surface area contributed by atoms with Gasteiger partial charge in [-0.1, -0.05) is 55.5 Å². The van der Waals surface area contributed by atoms with Gasteiger partial charge >= 0.3 is 6.09 Å². The lowest BCUT2D eigenvalue weighted by atomic mass is 9.79. The molecule has 0 spiro atoms. The average molecular weight is 365 g/mol. The summed E-state index contributed by atoms with van der Waals surface area (Å²) in [6.45, 7) is 4.06. The number of amides is 1. The van der Waals surface area contributed by atoms with E-state index in [9.17, 15) is 9.90 Å². The van der Waals surface area contributed by atoms with Crippen LogP contribution in [0.15, 0.2) is 48.5 Å². The Balaban J connectivity index is 1.47. The van der Waals surface area contributed by atoms with Crippen molar-refractivity contribution in [2.45, 2.75) is 32.1 Å². The van der Waals surface area contributed by atoms with Crippen LogP contribution in [-0.2, 0) is 4.74 Å². The quantitative estimate of drug-likeness (QED) is 0.872. The van der Waals surface area contributed by atoms with E-state index in [-0.39, 0.29) is 24.0 Å². The maximum absolute atomic E-state index is 12.7. The number of rotatable bonds is 4. The summed E-state index contributed by atoms with van der Waals surface area (Å²) in [5.74, 6) is 0.0926. The highest BCUT2D eigenvalue weighted by atomic mass is 16.6. The van der Waals surface area contributed by atoms with Crippen LogP contribution >= 0.6 is 0 Å². The third-order valence-electron chi connectivity index (χ3n) is 6.09. The minimum absolute atomic E-state index is 0.0153. The summed E-state index contributed by atoms with van der Waals surface area (Å²) >= 11 is 0. The van der Waals surface area contributed by atoms with Gasteiger partial charge in [-0.3, -0.25) is 0 Å². The third kappa shape index (κ3) is 3.46. The molecule has 4 nitrogen and oxygen atoms in total. The van der Waals surface area contributed by atoms with Crippen molar-refractivity contribution in [2.24, 2.45) is 5.41 Å². The molecule has 0 radical (unpaired) electrons. The molecule has 1 aliphatic heterocycles. The number of hydrogen-bond donors (Lipinski definition) is 1. The number of hydrogen-bond acceptors (Lipinski definition) is 3. The Labute approximate surface area is 160 Å². The van der Waals surface area contributed by atoms with Crippen molar-refractivity contribution in [1.29, 1.82) is 0 Å². The highest BCUT2D eigenvalue weighted by molar-refractivity contribution is 5.79. The summed E-state index contributed by atoms with van der Waals surface area (Å²) in [5, 5.41) is 9.31. The Morgan fingerprint density at radius 2 is 1.78 bits per heavy atom. The second-order valence-corrected chi connectivity index (χ2v) is 8.11. The maximum Gasteiger partial charge on any atom is 0.409 e. The zero-order valence-corrected chi connectivity index (χ0v) is 15.9. The molecule has 142 valence electrons. The number of aliphatic hydroxyl groups is 1. The van der Waals surface area contributed by atoms with E-state index >= 15 is 0 Å². The molecule has 2 aliphatic rings. The molecule has 0 saturated carbocycles. The number of fused-ring (bicyclic) bond motifs is 3. The normalized spacial score (nSPS) is 21.6. The van der Waals surface area contributed by atoms with E-state index in [1.54, 1.807) is 0 Å². The zero-order chi connectivity index (χ0) is 18.9. The number of benzene rings is 2. The number of carbonyl (C=O) groups excluding carboxylic acids is 1. The van der Waals surface area contributed by atoms with Gasteiger partial charge in [0.25, 0.3) is 0 Å². The minimum atomic E-state index is -0.235. The highest BCUT2D eigenvalue weighted by Crippen LogP contribution is 2.44. The molecule has 1 atom stereocenters. The lowest BCUT2D eigenvalue weighted by Crippen LogP contribution is -2.45. The number of likely N-dealkylation sites (tertiary alicyclic amines) is 1. The molecule has 0 aromatic heterocycles. The largest absolute Gasteiger partial charge is 0.448 e. The lowest BCUT2D eigenvalue weighted by Gasteiger charge is -2.39. The maximum atomic E-state index is 12.7. The number of carbonyl (C=O) groups is 1. The Morgan fingerprint density at radius 3 is 2.41 bits per heavy atom. The summed E-state index contributed by atoms with van der Waals surface area (Å²) in [4.78, 5) is 14.5. The molecule has 27 heavy (non-hydrogen) atoms. The van der Waals surface area contributed by atoms with Crippen LogP contribution in [0.2, 0.25) is 0 Å². The summed E-state index contributed by atoms with van der Waals surface area (Å²) < 4.78 is 5.78. The first-order valence-electron chi connectivity index (χ1n) is 9.82. The SMILES string of the molecule is CC1(CCO)CCCN(C(=O)OCC2c3ccccc3-c3ccccc32)C1. The average Bonchev–Trinajstić information content (AvgIpc) is 3.00. The summed E-state index contributed by atoms with van der Waals surface area (Å²) in [5.41, 5.74) is 4.93. The molecule has 4 rings (SSSR count). The van der Waals surface area contributed by atoms with Gasteiger partial charge in [-0.25, -0.2) is 4.79 Å². The number of ether oxygens (including phenoxy) is 1. The molecular weight excluding hydrogens is 338 g/mol. The molecule has 1 saturated heterocycles.